The van der Waals surface area contributed by atoms with Gasteiger partial charge in [-0.3, -0.25) is 0 Å². The van der Waals surface area contributed by atoms with E-state index in [1.54, 1.807) is 18.2 Å². The fourth-order valence-electron chi connectivity index (χ4n) is 2.12. The highest BCUT2D eigenvalue weighted by Crippen LogP contribution is 2.26. The van der Waals surface area contributed by atoms with Gasteiger partial charge in [0, 0.05) is 5.69 Å². The van der Waals surface area contributed by atoms with Crippen LogP contribution in [-0.2, 0) is 11.3 Å². The number of hydrogen-bond acceptors (Lipinski definition) is 4. The normalized spacial score (nSPS) is 11.9. The Morgan fingerprint density at radius 2 is 1.90 bits per heavy atom. The molecule has 1 unspecified atom stereocenters. The Balaban J connectivity index is 2.19. The van der Waals surface area contributed by atoms with Gasteiger partial charge in [-0.05, 0) is 23.6 Å². The van der Waals surface area contributed by atoms with Gasteiger partial charge in [-0.2, -0.15) is 0 Å². The van der Waals surface area contributed by atoms with E-state index in [0.717, 1.165) is 5.56 Å². The molecule has 1 atom stereocenters. The fraction of sp³-hybridized carbons (Fsp3) is 0.235. The predicted octanol–water partition coefficient (Wildman–Crippen LogP) is 3.07. The number of nitrogens with two attached hydrogens (primary N) is 1. The van der Waals surface area contributed by atoms with Crippen molar-refractivity contribution in [3.63, 3.8) is 0 Å². The van der Waals surface area contributed by atoms with Gasteiger partial charge in [-0.25, -0.2) is 4.79 Å². The molecule has 2 rings (SSSR count). The molecule has 0 fully saturated rings. The minimum Gasteiger partial charge on any atom is -0.457 e. The van der Waals surface area contributed by atoms with E-state index in [4.69, 9.17) is 10.5 Å². The number of benzene rings is 2. The van der Waals surface area contributed by atoms with E-state index in [1.807, 2.05) is 37.3 Å². The number of esters is 1. The second-order valence-electron chi connectivity index (χ2n) is 4.80. The molecule has 0 radical (unpaired) electrons. The molecule has 0 aliphatic heterocycles. The van der Waals surface area contributed by atoms with Crippen LogP contribution in [-0.4, -0.2) is 11.1 Å². The second-order valence-corrected chi connectivity index (χ2v) is 4.80. The van der Waals surface area contributed by atoms with Gasteiger partial charge in [-0.15, -0.1) is 0 Å². The lowest BCUT2D eigenvalue weighted by Gasteiger charge is -2.15. The van der Waals surface area contributed by atoms with E-state index in [1.165, 1.54) is 0 Å². The maximum absolute atomic E-state index is 12.3. The number of aliphatic hydroxyl groups is 1. The zero-order chi connectivity index (χ0) is 15.2. The van der Waals surface area contributed by atoms with Crippen LogP contribution < -0.4 is 5.73 Å². The standard InChI is InChI=1S/C17H19NO3/c1-2-15(19)13-9-6-10-14(18)16(13)17(20)21-11-12-7-4-3-5-8-12/h3-10,15,19H,2,11,18H2,1H3. The third kappa shape index (κ3) is 3.61. The highest BCUT2D eigenvalue weighted by atomic mass is 16.5. The van der Waals surface area contributed by atoms with Gasteiger partial charge in [0.05, 0.1) is 11.7 Å². The minimum atomic E-state index is -0.729. The summed E-state index contributed by atoms with van der Waals surface area (Å²) < 4.78 is 5.30. The predicted molar refractivity (Wildman–Crippen MR) is 81.7 cm³/mol. The molecule has 0 saturated heterocycles. The molecule has 0 aromatic heterocycles. The van der Waals surface area contributed by atoms with E-state index < -0.39 is 12.1 Å². The smallest absolute Gasteiger partial charge is 0.340 e. The van der Waals surface area contributed by atoms with Gasteiger partial charge in [0.25, 0.3) is 0 Å². The Labute approximate surface area is 124 Å². The number of ether oxygens (including phenoxy) is 1. The summed E-state index contributed by atoms with van der Waals surface area (Å²) in [5, 5.41) is 10.0. The summed E-state index contributed by atoms with van der Waals surface area (Å²) in [5.74, 6) is -0.514. The Morgan fingerprint density at radius 1 is 1.19 bits per heavy atom. The molecule has 0 aliphatic carbocycles. The van der Waals surface area contributed by atoms with E-state index in [2.05, 4.69) is 0 Å². The molecule has 4 nitrogen and oxygen atoms in total. The lowest BCUT2D eigenvalue weighted by Crippen LogP contribution is -2.13. The Morgan fingerprint density at radius 3 is 2.57 bits per heavy atom. The van der Waals surface area contributed by atoms with Crippen LogP contribution in [0, 0.1) is 0 Å². The van der Waals surface area contributed by atoms with Crippen molar-refractivity contribution in [2.75, 3.05) is 5.73 Å². The first kappa shape index (κ1) is 15.1. The van der Waals surface area contributed by atoms with Crippen molar-refractivity contribution in [3.05, 3.63) is 65.2 Å². The van der Waals surface area contributed by atoms with Crippen molar-refractivity contribution in [2.45, 2.75) is 26.1 Å². The van der Waals surface area contributed by atoms with Crippen molar-refractivity contribution in [2.24, 2.45) is 0 Å². The zero-order valence-electron chi connectivity index (χ0n) is 12.0. The Hall–Kier alpha value is -2.33. The average Bonchev–Trinajstić information content (AvgIpc) is 2.52. The first-order valence-corrected chi connectivity index (χ1v) is 6.91. The summed E-state index contributed by atoms with van der Waals surface area (Å²) in [6, 6.07) is 14.5. The molecule has 110 valence electrons. The molecule has 4 heteroatoms. The van der Waals surface area contributed by atoms with Crippen molar-refractivity contribution in [3.8, 4) is 0 Å². The fourth-order valence-corrected chi connectivity index (χ4v) is 2.12. The number of aliphatic hydroxyl groups excluding tert-OH is 1. The van der Waals surface area contributed by atoms with Gasteiger partial charge in [0.15, 0.2) is 0 Å². The van der Waals surface area contributed by atoms with Gasteiger partial charge in [0.2, 0.25) is 0 Å². The topological polar surface area (TPSA) is 72.5 Å². The lowest BCUT2D eigenvalue weighted by molar-refractivity contribution is 0.0466. The summed E-state index contributed by atoms with van der Waals surface area (Å²) in [7, 11) is 0. The molecule has 0 saturated carbocycles. The van der Waals surface area contributed by atoms with Crippen LogP contribution in [0.2, 0.25) is 0 Å². The highest BCUT2D eigenvalue weighted by molar-refractivity contribution is 5.96. The number of nitrogen functional groups attached to an aromatic ring is 1. The summed E-state index contributed by atoms with van der Waals surface area (Å²) >= 11 is 0. The summed E-state index contributed by atoms with van der Waals surface area (Å²) in [6.45, 7) is 2.02. The maximum Gasteiger partial charge on any atom is 0.340 e. The molecule has 0 bridgehead atoms. The molecule has 2 aromatic rings. The average molecular weight is 285 g/mol. The minimum absolute atomic E-state index is 0.176. The number of anilines is 1. The molecule has 21 heavy (non-hydrogen) atoms. The van der Waals surface area contributed by atoms with Gasteiger partial charge < -0.3 is 15.6 Å². The zero-order valence-corrected chi connectivity index (χ0v) is 12.0. The van der Waals surface area contributed by atoms with Crippen LogP contribution >= 0.6 is 0 Å². The van der Waals surface area contributed by atoms with Crippen molar-refractivity contribution < 1.29 is 14.6 Å². The van der Waals surface area contributed by atoms with Gasteiger partial charge in [-0.1, -0.05) is 49.4 Å². The van der Waals surface area contributed by atoms with Crippen LogP contribution in [0.25, 0.3) is 0 Å². The van der Waals surface area contributed by atoms with Gasteiger partial charge >= 0.3 is 5.97 Å². The lowest BCUT2D eigenvalue weighted by atomic mass is 9.99. The highest BCUT2D eigenvalue weighted by Gasteiger charge is 2.20. The Bertz CT molecular complexity index is 611. The van der Waals surface area contributed by atoms with E-state index in [0.29, 0.717) is 17.7 Å². The molecule has 0 spiro atoms. The van der Waals surface area contributed by atoms with Crippen molar-refractivity contribution in [1.29, 1.82) is 0 Å². The molecule has 0 heterocycles. The Kier molecular flexibility index (Phi) is 4.95. The molecular formula is C17H19NO3. The number of carbonyl (C=O) groups excluding carboxylic acids is 1. The monoisotopic (exact) mass is 285 g/mol. The third-order valence-corrected chi connectivity index (χ3v) is 3.29. The van der Waals surface area contributed by atoms with Crippen LogP contribution in [0.15, 0.2) is 48.5 Å². The largest absolute Gasteiger partial charge is 0.457 e. The number of carbonyl (C=O) groups is 1. The van der Waals surface area contributed by atoms with E-state index >= 15 is 0 Å². The first-order chi connectivity index (χ1) is 10.1. The summed E-state index contributed by atoms with van der Waals surface area (Å²) in [6.07, 6.45) is -0.227. The first-order valence-electron chi connectivity index (χ1n) is 6.91. The van der Waals surface area contributed by atoms with Crippen molar-refractivity contribution in [1.82, 2.24) is 0 Å². The molecule has 2 aromatic carbocycles. The SMILES string of the molecule is CCC(O)c1cccc(N)c1C(=O)OCc1ccccc1. The van der Waals surface area contributed by atoms with E-state index in [9.17, 15) is 9.90 Å². The third-order valence-electron chi connectivity index (χ3n) is 3.29. The number of hydrogen-bond donors (Lipinski definition) is 2. The van der Waals surface area contributed by atoms with Crippen LogP contribution in [0.4, 0.5) is 5.69 Å². The quantitative estimate of drug-likeness (QED) is 0.654. The summed E-state index contributed by atoms with van der Waals surface area (Å²) in [4.78, 5) is 12.3. The van der Waals surface area contributed by atoms with Crippen molar-refractivity contribution >= 4 is 11.7 Å². The molecule has 0 aliphatic rings. The molecular weight excluding hydrogens is 266 g/mol. The maximum atomic E-state index is 12.3. The second kappa shape index (κ2) is 6.90. The van der Waals surface area contributed by atoms with Crippen LogP contribution in [0.1, 0.15) is 40.9 Å². The van der Waals surface area contributed by atoms with Gasteiger partial charge in [0.1, 0.15) is 6.61 Å². The van der Waals surface area contributed by atoms with Crippen LogP contribution in [0.5, 0.6) is 0 Å². The van der Waals surface area contributed by atoms with Crippen LogP contribution in [0.3, 0.4) is 0 Å². The molecule has 0 amide bonds. The summed E-state index contributed by atoms with van der Waals surface area (Å²) in [5.41, 5.74) is 7.85. The number of rotatable bonds is 5. The van der Waals surface area contributed by atoms with E-state index in [-0.39, 0.29) is 12.2 Å². The molecule has 3 N–H and O–H groups in total.